The summed E-state index contributed by atoms with van der Waals surface area (Å²) >= 11 is 0. The fourth-order valence-corrected chi connectivity index (χ4v) is 2.81. The highest BCUT2D eigenvalue weighted by atomic mass is 16.2. The summed E-state index contributed by atoms with van der Waals surface area (Å²) < 4.78 is 0. The Balaban J connectivity index is 2.68. The lowest BCUT2D eigenvalue weighted by Gasteiger charge is -2.35. The molecular formula is C10H15NO2. The van der Waals surface area contributed by atoms with Crippen LogP contribution in [-0.4, -0.2) is 17.1 Å². The number of carbonyl (C=O) groups is 2. The quantitative estimate of drug-likeness (QED) is 0.558. The molecule has 2 aliphatic carbocycles. The average molecular weight is 181 g/mol. The zero-order valence-electron chi connectivity index (χ0n) is 8.31. The van der Waals surface area contributed by atoms with Crippen LogP contribution in [0.5, 0.6) is 0 Å². The van der Waals surface area contributed by atoms with Gasteiger partial charge in [0, 0.05) is 10.8 Å². The van der Waals surface area contributed by atoms with Gasteiger partial charge in [-0.05, 0) is 12.8 Å². The lowest BCUT2D eigenvalue weighted by Crippen LogP contribution is -2.53. The largest absolute Gasteiger partial charge is 0.318 e. The number of carbonyl (C=O) groups excluding carboxylic acids is 2. The van der Waals surface area contributed by atoms with Gasteiger partial charge in [0.1, 0.15) is 0 Å². The lowest BCUT2D eigenvalue weighted by atomic mass is 9.69. The van der Waals surface area contributed by atoms with Crippen LogP contribution in [0.25, 0.3) is 0 Å². The lowest BCUT2D eigenvalue weighted by molar-refractivity contribution is -0.141. The normalized spacial score (nSPS) is 47.4. The van der Waals surface area contributed by atoms with Gasteiger partial charge in [0.25, 0.3) is 0 Å². The van der Waals surface area contributed by atoms with E-state index in [4.69, 9.17) is 5.73 Å². The first kappa shape index (κ1) is 8.88. The van der Waals surface area contributed by atoms with Crippen LogP contribution in [0, 0.1) is 10.8 Å². The first-order chi connectivity index (χ1) is 5.77. The second-order valence-corrected chi connectivity index (χ2v) is 5.09. The van der Waals surface area contributed by atoms with Gasteiger partial charge >= 0.3 is 0 Å². The summed E-state index contributed by atoms with van der Waals surface area (Å²) in [4.78, 5) is 23.3. The molecule has 2 atom stereocenters. The topological polar surface area (TPSA) is 60.2 Å². The molecule has 2 rings (SSSR count). The van der Waals surface area contributed by atoms with Gasteiger partial charge in [-0.2, -0.15) is 0 Å². The van der Waals surface area contributed by atoms with Crippen molar-refractivity contribution in [3.63, 3.8) is 0 Å². The molecule has 0 spiro atoms. The van der Waals surface area contributed by atoms with Gasteiger partial charge in [-0.25, -0.2) is 0 Å². The Morgan fingerprint density at radius 1 is 1.08 bits per heavy atom. The third kappa shape index (κ3) is 0.602. The van der Waals surface area contributed by atoms with Crippen molar-refractivity contribution in [2.75, 3.05) is 0 Å². The number of hydrogen-bond donors (Lipinski definition) is 1. The monoisotopic (exact) mass is 181 g/mol. The van der Waals surface area contributed by atoms with Gasteiger partial charge in [0.2, 0.25) is 11.6 Å². The number of rotatable bonds is 0. The van der Waals surface area contributed by atoms with Crippen LogP contribution < -0.4 is 5.73 Å². The summed E-state index contributed by atoms with van der Waals surface area (Å²) in [6, 6.07) is 0. The van der Waals surface area contributed by atoms with E-state index in [2.05, 4.69) is 0 Å². The summed E-state index contributed by atoms with van der Waals surface area (Å²) in [5.41, 5.74) is 4.24. The summed E-state index contributed by atoms with van der Waals surface area (Å²) in [6.07, 6.45) is 1.40. The minimum absolute atomic E-state index is 0.258. The average Bonchev–Trinajstić information content (AvgIpc) is 2.28. The predicted molar refractivity (Wildman–Crippen MR) is 48.1 cm³/mol. The van der Waals surface area contributed by atoms with Crippen LogP contribution in [0.4, 0.5) is 0 Å². The van der Waals surface area contributed by atoms with Crippen LogP contribution in [0.1, 0.15) is 33.6 Å². The van der Waals surface area contributed by atoms with E-state index in [1.807, 2.05) is 20.8 Å². The molecule has 0 aromatic carbocycles. The highest BCUT2D eigenvalue weighted by Gasteiger charge is 2.73. The zero-order valence-corrected chi connectivity index (χ0v) is 8.31. The van der Waals surface area contributed by atoms with E-state index in [1.54, 1.807) is 0 Å². The molecule has 3 nitrogen and oxygen atoms in total. The number of Topliss-reactive ketones (excluding diaryl/α,β-unsaturated/α-hetero) is 2. The molecule has 2 saturated carbocycles. The van der Waals surface area contributed by atoms with Crippen molar-refractivity contribution < 1.29 is 9.59 Å². The van der Waals surface area contributed by atoms with E-state index in [9.17, 15) is 9.59 Å². The van der Waals surface area contributed by atoms with E-state index >= 15 is 0 Å². The number of hydrogen-bond acceptors (Lipinski definition) is 3. The molecule has 2 bridgehead atoms. The van der Waals surface area contributed by atoms with E-state index in [0.29, 0.717) is 6.42 Å². The van der Waals surface area contributed by atoms with Crippen molar-refractivity contribution in [1.29, 1.82) is 0 Å². The van der Waals surface area contributed by atoms with Crippen LogP contribution in [0.3, 0.4) is 0 Å². The van der Waals surface area contributed by atoms with Gasteiger partial charge in [0.15, 0.2) is 0 Å². The fraction of sp³-hybridized carbons (Fsp3) is 0.800. The highest BCUT2D eigenvalue weighted by molar-refractivity contribution is 6.46. The van der Waals surface area contributed by atoms with Crippen molar-refractivity contribution in [1.82, 2.24) is 0 Å². The Kier molecular flexibility index (Phi) is 1.28. The Labute approximate surface area is 77.7 Å². The second-order valence-electron chi connectivity index (χ2n) is 5.09. The number of fused-ring (bicyclic) bond motifs is 2. The maximum Gasteiger partial charge on any atom is 0.219 e. The molecule has 2 fully saturated rings. The summed E-state index contributed by atoms with van der Waals surface area (Å²) in [5, 5.41) is 0. The van der Waals surface area contributed by atoms with Crippen molar-refractivity contribution >= 4 is 11.6 Å². The van der Waals surface area contributed by atoms with Crippen molar-refractivity contribution in [2.24, 2.45) is 16.6 Å². The SMILES string of the molecule is CC12CCC(N)(C(=O)C1=O)C2(C)C. The van der Waals surface area contributed by atoms with Crippen molar-refractivity contribution in [3.05, 3.63) is 0 Å². The summed E-state index contributed by atoms with van der Waals surface area (Å²) in [7, 11) is 0. The van der Waals surface area contributed by atoms with Crippen LogP contribution >= 0.6 is 0 Å². The highest BCUT2D eigenvalue weighted by Crippen LogP contribution is 2.62. The molecule has 0 saturated heterocycles. The Morgan fingerprint density at radius 2 is 1.62 bits per heavy atom. The third-order valence-corrected chi connectivity index (χ3v) is 4.63. The molecule has 2 N–H and O–H groups in total. The Bertz CT molecular complexity index is 291. The van der Waals surface area contributed by atoms with Gasteiger partial charge in [-0.3, -0.25) is 9.59 Å². The molecule has 0 amide bonds. The maximum absolute atomic E-state index is 11.7. The van der Waals surface area contributed by atoms with Gasteiger partial charge in [-0.1, -0.05) is 20.8 Å². The van der Waals surface area contributed by atoms with E-state index < -0.39 is 11.0 Å². The minimum atomic E-state index is -0.890. The first-order valence-electron chi connectivity index (χ1n) is 4.65. The van der Waals surface area contributed by atoms with Gasteiger partial charge < -0.3 is 5.73 Å². The zero-order chi connectivity index (χ0) is 10.1. The van der Waals surface area contributed by atoms with Crippen LogP contribution in [0.2, 0.25) is 0 Å². The number of ketones is 2. The van der Waals surface area contributed by atoms with E-state index in [-0.39, 0.29) is 17.0 Å². The minimum Gasteiger partial charge on any atom is -0.318 e. The predicted octanol–water partition coefficient (Wildman–Crippen LogP) is 0.662. The standard InChI is InChI=1S/C10H15NO2/c1-8(2)9(3)4-5-10(8,11)7(13)6(9)12/h4-5,11H2,1-3H3. The smallest absolute Gasteiger partial charge is 0.219 e. The van der Waals surface area contributed by atoms with Gasteiger partial charge in [0.05, 0.1) is 5.54 Å². The van der Waals surface area contributed by atoms with Crippen molar-refractivity contribution in [3.8, 4) is 0 Å². The Hall–Kier alpha value is -0.700. The molecule has 13 heavy (non-hydrogen) atoms. The molecule has 0 aromatic rings. The number of nitrogens with two attached hydrogens (primary N) is 1. The van der Waals surface area contributed by atoms with Crippen LogP contribution in [-0.2, 0) is 9.59 Å². The molecule has 72 valence electrons. The van der Waals surface area contributed by atoms with Crippen LogP contribution in [0.15, 0.2) is 0 Å². The maximum atomic E-state index is 11.7. The summed E-state index contributed by atoms with van der Waals surface area (Å²) in [5.74, 6) is -0.613. The molecule has 0 aliphatic heterocycles. The molecule has 2 aliphatic rings. The molecule has 2 unspecified atom stereocenters. The summed E-state index contributed by atoms with van der Waals surface area (Å²) in [6.45, 7) is 5.74. The third-order valence-electron chi connectivity index (χ3n) is 4.63. The van der Waals surface area contributed by atoms with E-state index in [1.165, 1.54) is 0 Å². The van der Waals surface area contributed by atoms with E-state index in [0.717, 1.165) is 6.42 Å². The first-order valence-corrected chi connectivity index (χ1v) is 4.65. The molecular weight excluding hydrogens is 166 g/mol. The van der Waals surface area contributed by atoms with Gasteiger partial charge in [-0.15, -0.1) is 0 Å². The molecule has 0 heterocycles. The molecule has 0 radical (unpaired) electrons. The second kappa shape index (κ2) is 1.87. The fourth-order valence-electron chi connectivity index (χ4n) is 2.81. The molecule has 0 aromatic heterocycles. The Morgan fingerprint density at radius 3 is 1.85 bits per heavy atom. The molecule has 3 heteroatoms. The van der Waals surface area contributed by atoms with Crippen molar-refractivity contribution in [2.45, 2.75) is 39.2 Å².